The Hall–Kier alpha value is 0.690. The van der Waals surface area contributed by atoms with Crippen LogP contribution in [0.5, 0.6) is 0 Å². The van der Waals surface area contributed by atoms with E-state index in [1.807, 2.05) is 0 Å². The molecule has 0 aliphatic carbocycles. The molecule has 8 heavy (non-hydrogen) atoms. The van der Waals surface area contributed by atoms with Crippen molar-refractivity contribution in [2.75, 3.05) is 5.75 Å². The number of hydrogen-bond donors (Lipinski definition) is 0. The predicted molar refractivity (Wildman–Crippen MR) is 37.7 cm³/mol. The summed E-state index contributed by atoms with van der Waals surface area (Å²) in [4.78, 5) is 10.4. The fraction of sp³-hybridized carbons (Fsp3) is 0.500. The molecule has 0 N–H and O–H groups in total. The number of ketones is 1. The van der Waals surface area contributed by atoms with Crippen LogP contribution in [0.3, 0.4) is 0 Å². The monoisotopic (exact) mass is 139 g/mol. The summed E-state index contributed by atoms with van der Waals surface area (Å²) in [6, 6.07) is 0. The number of rotatable bonds is 0. The van der Waals surface area contributed by atoms with E-state index in [4.69, 9.17) is 0 Å². The molecule has 1 aliphatic heterocycles. The third-order valence-electron chi connectivity index (χ3n) is 0.801. The predicted octanol–water partition coefficient (Wildman–Crippen LogP) is 0.0297. The molecule has 1 rings (SSSR count). The second kappa shape index (κ2) is 3.67. The van der Waals surface area contributed by atoms with Gasteiger partial charge in [0.05, 0.1) is 11.5 Å². The van der Waals surface area contributed by atoms with Gasteiger partial charge < -0.3 is 0 Å². The van der Waals surface area contributed by atoms with Crippen molar-refractivity contribution < 1.29 is 4.79 Å². The van der Waals surface area contributed by atoms with E-state index < -0.39 is 0 Å². The van der Waals surface area contributed by atoms with Crippen LogP contribution in [0.2, 0.25) is 0 Å². The first-order valence-corrected chi connectivity index (χ1v) is 2.95. The van der Waals surface area contributed by atoms with Crippen molar-refractivity contribution in [3.8, 4) is 0 Å². The maximum absolute atomic E-state index is 10.4. The molecule has 0 atom stereocenters. The Morgan fingerprint density at radius 3 is 2.50 bits per heavy atom. The minimum absolute atomic E-state index is 0. The first-order chi connectivity index (χ1) is 3.30. The zero-order valence-corrected chi connectivity index (χ0v) is 4.79. The summed E-state index contributed by atoms with van der Waals surface area (Å²) in [5, 5.41) is 0. The first kappa shape index (κ1) is 8.69. The van der Waals surface area contributed by atoms with Crippen molar-refractivity contribution in [2.45, 2.75) is 6.92 Å². The van der Waals surface area contributed by atoms with Crippen LogP contribution in [0.25, 0.3) is 0 Å². The third-order valence-corrected chi connectivity index (χ3v) is 1.59. The Balaban J connectivity index is 0.000000490. The van der Waals surface area contributed by atoms with Gasteiger partial charge in [-0.15, -0.1) is 0 Å². The summed E-state index contributed by atoms with van der Waals surface area (Å²) < 4.78 is 3.80. The number of carbonyl (C=O) groups is 1. The van der Waals surface area contributed by atoms with Gasteiger partial charge in [-0.3, -0.25) is 4.79 Å². The van der Waals surface area contributed by atoms with Gasteiger partial charge in [-0.05, 0) is 18.9 Å². The second-order valence-electron chi connectivity index (χ2n) is 1.37. The van der Waals surface area contributed by atoms with Gasteiger partial charge in [-0.25, -0.2) is 4.40 Å². The van der Waals surface area contributed by atoms with Crippen molar-refractivity contribution in [1.82, 2.24) is 0 Å². The Kier molecular flexibility index (Phi) is 3.98. The average Bonchev–Trinajstić information content (AvgIpc) is 1.91. The van der Waals surface area contributed by atoms with Gasteiger partial charge in [-0.2, -0.15) is 0 Å². The molecule has 0 aromatic heterocycles. The van der Waals surface area contributed by atoms with Crippen LogP contribution in [0.1, 0.15) is 6.92 Å². The normalized spacial score (nSPS) is 17.6. The van der Waals surface area contributed by atoms with Crippen LogP contribution in [-0.2, 0) is 4.79 Å². The van der Waals surface area contributed by atoms with Crippen LogP contribution in [0.15, 0.2) is 4.40 Å². The van der Waals surface area contributed by atoms with E-state index in [1.165, 1.54) is 11.9 Å². The molecule has 0 fully saturated rings. The molecule has 0 saturated carbocycles. The van der Waals surface area contributed by atoms with Gasteiger partial charge in [0.25, 0.3) is 0 Å². The zero-order chi connectivity index (χ0) is 5.28. The van der Waals surface area contributed by atoms with Gasteiger partial charge in [0.1, 0.15) is 0 Å². The van der Waals surface area contributed by atoms with Crippen LogP contribution in [0.4, 0.5) is 0 Å². The molecule has 0 aromatic carbocycles. The SMILES string of the molecule is CC1=NSCC1=O.[NaH]. The van der Waals surface area contributed by atoms with Crippen molar-refractivity contribution >= 4 is 53.0 Å². The van der Waals surface area contributed by atoms with Crippen LogP contribution in [-0.4, -0.2) is 46.8 Å². The third kappa shape index (κ3) is 1.90. The van der Waals surface area contributed by atoms with Gasteiger partial charge in [0, 0.05) is 0 Å². The molecule has 0 aromatic rings. The fourth-order valence-corrected chi connectivity index (χ4v) is 1.03. The molecule has 0 saturated heterocycles. The number of Topliss-reactive ketones (excluding diaryl/α,β-unsaturated/α-hetero) is 1. The molecule has 4 heteroatoms. The number of hydrogen-bond acceptors (Lipinski definition) is 3. The molecule has 40 valence electrons. The van der Waals surface area contributed by atoms with E-state index in [0.29, 0.717) is 11.5 Å². The molecule has 0 unspecified atom stereocenters. The molecule has 0 radical (unpaired) electrons. The summed E-state index contributed by atoms with van der Waals surface area (Å²) in [5.74, 6) is 0.719. The zero-order valence-electron chi connectivity index (χ0n) is 3.97. The molecular weight excluding hydrogens is 133 g/mol. The van der Waals surface area contributed by atoms with E-state index >= 15 is 0 Å². The van der Waals surface area contributed by atoms with E-state index in [2.05, 4.69) is 4.40 Å². The Bertz CT molecular complexity index is 134. The van der Waals surface area contributed by atoms with Crippen molar-refractivity contribution in [3.05, 3.63) is 0 Å². The van der Waals surface area contributed by atoms with Gasteiger partial charge in [0.2, 0.25) is 0 Å². The standard InChI is InChI=1S/C4H5NOS.Na.H/c1-3-4(6)2-7-5-3;;/h2H2,1H3;;. The fourth-order valence-electron chi connectivity index (χ4n) is 0.343. The molecule has 0 bridgehead atoms. The minimum atomic E-state index is 0. The van der Waals surface area contributed by atoms with Gasteiger partial charge in [0.15, 0.2) is 5.78 Å². The van der Waals surface area contributed by atoms with E-state index in [-0.39, 0.29) is 35.3 Å². The van der Waals surface area contributed by atoms with Crippen molar-refractivity contribution in [1.29, 1.82) is 0 Å². The number of nitrogens with zero attached hydrogens (tertiary/aromatic N) is 1. The van der Waals surface area contributed by atoms with Crippen LogP contribution >= 0.6 is 11.9 Å². The number of carbonyl (C=O) groups excluding carboxylic acids is 1. The van der Waals surface area contributed by atoms with Crippen LogP contribution < -0.4 is 0 Å². The topological polar surface area (TPSA) is 29.4 Å². The Morgan fingerprint density at radius 1 is 1.75 bits per heavy atom. The summed E-state index contributed by atoms with van der Waals surface area (Å²) >= 11 is 1.33. The Labute approximate surface area is 74.6 Å². The molecule has 1 heterocycles. The summed E-state index contributed by atoms with van der Waals surface area (Å²) in [6.07, 6.45) is 0. The Morgan fingerprint density at radius 2 is 2.38 bits per heavy atom. The molecule has 1 aliphatic rings. The van der Waals surface area contributed by atoms with E-state index in [9.17, 15) is 4.79 Å². The second-order valence-corrected chi connectivity index (χ2v) is 2.10. The summed E-state index contributed by atoms with van der Waals surface area (Å²) in [5.41, 5.74) is 0.657. The van der Waals surface area contributed by atoms with Crippen LogP contribution in [0, 0.1) is 0 Å². The van der Waals surface area contributed by atoms with E-state index in [0.717, 1.165) is 0 Å². The first-order valence-electron chi connectivity index (χ1n) is 2.00. The van der Waals surface area contributed by atoms with Crippen molar-refractivity contribution in [2.24, 2.45) is 4.40 Å². The van der Waals surface area contributed by atoms with E-state index in [1.54, 1.807) is 6.92 Å². The molecule has 2 nitrogen and oxygen atoms in total. The van der Waals surface area contributed by atoms with Crippen molar-refractivity contribution in [3.63, 3.8) is 0 Å². The quantitative estimate of drug-likeness (QED) is 0.350. The van der Waals surface area contributed by atoms with Gasteiger partial charge >= 0.3 is 29.6 Å². The molecule has 0 amide bonds. The van der Waals surface area contributed by atoms with Gasteiger partial charge in [-0.1, -0.05) is 0 Å². The molecule has 0 spiro atoms. The summed E-state index contributed by atoms with van der Waals surface area (Å²) in [7, 11) is 0. The molecular formula is C4H6NNaOS. The average molecular weight is 139 g/mol. The maximum atomic E-state index is 10.4. The summed E-state index contributed by atoms with van der Waals surface area (Å²) in [6.45, 7) is 1.74.